The third-order valence-electron chi connectivity index (χ3n) is 6.71. The Morgan fingerprint density at radius 3 is 2.46 bits per heavy atom. The van der Waals surface area contributed by atoms with Gasteiger partial charge in [0.2, 0.25) is 11.5 Å². The number of hydrogen-bond donors (Lipinski definition) is 5. The number of aliphatic carboxylic acids is 2. The van der Waals surface area contributed by atoms with E-state index < -0.39 is 46.5 Å². The second kappa shape index (κ2) is 13.4. The Labute approximate surface area is 272 Å². The van der Waals surface area contributed by atoms with E-state index in [-0.39, 0.29) is 46.8 Å². The van der Waals surface area contributed by atoms with Crippen molar-refractivity contribution in [2.24, 2.45) is 5.16 Å². The molecule has 18 heteroatoms. The molecule has 46 heavy (non-hydrogen) atoms. The van der Waals surface area contributed by atoms with Gasteiger partial charge in [-0.15, -0.1) is 23.1 Å². The number of nitrogens with two attached hydrogens (primary N) is 1. The standard InChI is InChI=1S/C28H34N8O8S2/c1-27(2,3)30-10-17(37)31-15-6-8-35(9-7-15)11-14-12-45-23-19(22(39)36(23)20(14)24(40)41)33-21(38)18(16-13-46-26(29)32-16)34-44-28(4,5)25(42)43/h6-9,13,19,23,30H,10-12H2,1-5H3,(H5,29,32,33,38,40,41,42,43)/b34-18-/t19-,23?/m1/s1. The van der Waals surface area contributed by atoms with E-state index in [0.717, 1.165) is 16.2 Å². The maximum atomic E-state index is 13.3. The number of aromatic nitrogens is 2. The van der Waals surface area contributed by atoms with E-state index >= 15 is 0 Å². The predicted octanol–water partition coefficient (Wildman–Crippen LogP) is -0.973. The molecule has 0 bridgehead atoms. The van der Waals surface area contributed by atoms with E-state index in [1.807, 2.05) is 20.8 Å². The van der Waals surface area contributed by atoms with Crippen molar-refractivity contribution in [3.8, 4) is 0 Å². The fourth-order valence-corrected chi connectivity index (χ4v) is 6.10. The lowest BCUT2D eigenvalue weighted by atomic mass is 10.0. The van der Waals surface area contributed by atoms with E-state index in [0.29, 0.717) is 11.3 Å². The molecule has 2 aliphatic heterocycles. The van der Waals surface area contributed by atoms with Gasteiger partial charge in [0.05, 0.1) is 23.9 Å². The summed E-state index contributed by atoms with van der Waals surface area (Å²) >= 11 is 2.26. The van der Waals surface area contributed by atoms with Crippen molar-refractivity contribution in [1.29, 1.82) is 0 Å². The minimum Gasteiger partial charge on any atom is -0.543 e. The molecule has 0 aliphatic carbocycles. The number of thioether (sulfide) groups is 1. The zero-order valence-corrected chi connectivity index (χ0v) is 27.3. The van der Waals surface area contributed by atoms with Crippen LogP contribution in [0.4, 0.5) is 10.8 Å². The minimum atomic E-state index is -1.78. The van der Waals surface area contributed by atoms with Gasteiger partial charge in [0.25, 0.3) is 11.8 Å². The van der Waals surface area contributed by atoms with E-state index in [2.05, 4.69) is 26.1 Å². The Balaban J connectivity index is 1.46. The van der Waals surface area contributed by atoms with Crippen molar-refractivity contribution in [2.75, 3.05) is 23.3 Å². The molecule has 1 fully saturated rings. The van der Waals surface area contributed by atoms with Gasteiger partial charge in [0.15, 0.2) is 29.8 Å². The summed E-state index contributed by atoms with van der Waals surface area (Å²) in [6.07, 6.45) is 3.34. The number of carboxylic acid groups (broad SMARTS) is 2. The largest absolute Gasteiger partial charge is 0.543 e. The number of anilines is 2. The van der Waals surface area contributed by atoms with Crippen LogP contribution in [0.2, 0.25) is 0 Å². The first-order valence-corrected chi connectivity index (χ1v) is 15.8. The average Bonchev–Trinajstić information content (AvgIpc) is 3.40. The lowest BCUT2D eigenvalue weighted by Crippen LogP contribution is -2.71. The lowest BCUT2D eigenvalue weighted by Gasteiger charge is -2.50. The smallest absolute Gasteiger partial charge is 0.350 e. The molecule has 4 rings (SSSR count). The van der Waals surface area contributed by atoms with Crippen LogP contribution in [0.25, 0.3) is 0 Å². The molecule has 4 heterocycles. The fourth-order valence-electron chi connectivity index (χ4n) is 4.22. The normalized spacial score (nSPS) is 18.4. The van der Waals surface area contributed by atoms with Gasteiger partial charge >= 0.3 is 5.97 Å². The van der Waals surface area contributed by atoms with Gasteiger partial charge < -0.3 is 41.5 Å². The van der Waals surface area contributed by atoms with Crippen molar-refractivity contribution >= 4 is 69.3 Å². The number of carbonyl (C=O) groups is 5. The summed E-state index contributed by atoms with van der Waals surface area (Å²) in [5, 5.41) is 34.5. The number of nitrogen functional groups attached to an aromatic ring is 1. The molecular weight excluding hydrogens is 640 g/mol. The zero-order chi connectivity index (χ0) is 34.0. The van der Waals surface area contributed by atoms with Crippen molar-refractivity contribution in [3.63, 3.8) is 0 Å². The highest BCUT2D eigenvalue weighted by Crippen LogP contribution is 2.40. The molecule has 1 unspecified atom stereocenters. The number of rotatable bonds is 12. The molecule has 1 saturated heterocycles. The van der Waals surface area contributed by atoms with Crippen LogP contribution >= 0.6 is 23.1 Å². The number of thiazole rings is 1. The van der Waals surface area contributed by atoms with Crippen LogP contribution in [0.1, 0.15) is 40.3 Å². The molecule has 0 radical (unpaired) electrons. The van der Waals surface area contributed by atoms with Crippen LogP contribution < -0.4 is 31.4 Å². The zero-order valence-electron chi connectivity index (χ0n) is 25.7. The molecular formula is C28H34N8O8S2. The predicted molar refractivity (Wildman–Crippen MR) is 166 cm³/mol. The number of amides is 3. The SMILES string of the molecule is CC(C)(C)NCC(=O)Nc1cc[n+](CC2=C(C(=O)[O-])N3C(=O)[C@@H](NC(=O)/C(=N\OC(C)(C)C(=O)O)c4csc(N)n4)C3SC2)cc1. The highest BCUT2D eigenvalue weighted by molar-refractivity contribution is 8.00. The number of carbonyl (C=O) groups excluding carboxylic acids is 4. The molecule has 0 aromatic carbocycles. The number of pyridine rings is 1. The van der Waals surface area contributed by atoms with Gasteiger partial charge in [-0.05, 0) is 34.6 Å². The number of β-lactam (4-membered cyclic amide) rings is 1. The first-order valence-electron chi connectivity index (χ1n) is 13.9. The summed E-state index contributed by atoms with van der Waals surface area (Å²) in [6, 6.07) is 2.22. The average molecular weight is 675 g/mol. The van der Waals surface area contributed by atoms with Crippen LogP contribution in [0.3, 0.4) is 0 Å². The van der Waals surface area contributed by atoms with Crippen molar-refractivity contribution in [2.45, 2.75) is 63.7 Å². The van der Waals surface area contributed by atoms with Gasteiger partial charge in [-0.2, -0.15) is 0 Å². The summed E-state index contributed by atoms with van der Waals surface area (Å²) in [6.45, 7) is 8.58. The summed E-state index contributed by atoms with van der Waals surface area (Å²) < 4.78 is 1.70. The molecule has 6 N–H and O–H groups in total. The molecule has 246 valence electrons. The summed E-state index contributed by atoms with van der Waals surface area (Å²) in [4.78, 5) is 72.6. The van der Waals surface area contributed by atoms with Crippen LogP contribution in [0, 0.1) is 0 Å². The molecule has 0 saturated carbocycles. The topological polar surface area (TPSA) is 232 Å². The molecule has 2 aromatic heterocycles. The second-order valence-corrected chi connectivity index (χ2v) is 13.9. The van der Waals surface area contributed by atoms with Gasteiger partial charge in [-0.25, -0.2) is 14.3 Å². The Bertz CT molecular complexity index is 1610. The first-order chi connectivity index (χ1) is 21.5. The van der Waals surface area contributed by atoms with E-state index in [9.17, 15) is 34.2 Å². The van der Waals surface area contributed by atoms with Gasteiger partial charge in [0, 0.05) is 34.4 Å². The molecule has 16 nitrogen and oxygen atoms in total. The molecule has 0 spiro atoms. The minimum absolute atomic E-state index is 0.00269. The Hall–Kier alpha value is -4.55. The van der Waals surface area contributed by atoms with Crippen molar-refractivity contribution in [3.05, 3.63) is 46.9 Å². The van der Waals surface area contributed by atoms with Crippen LogP contribution in [0.15, 0.2) is 46.3 Å². The quantitative estimate of drug-likeness (QED) is 0.0792. The van der Waals surface area contributed by atoms with Crippen LogP contribution in [-0.2, 0) is 35.4 Å². The number of nitrogens with one attached hydrogen (secondary N) is 3. The number of nitrogens with zero attached hydrogens (tertiary/aromatic N) is 4. The fraction of sp³-hybridized carbons (Fsp3) is 0.429. The van der Waals surface area contributed by atoms with Gasteiger partial charge in [-0.1, -0.05) is 5.16 Å². The summed E-state index contributed by atoms with van der Waals surface area (Å²) in [7, 11) is 0. The molecule has 3 amide bonds. The van der Waals surface area contributed by atoms with E-state index in [4.69, 9.17) is 10.6 Å². The van der Waals surface area contributed by atoms with Gasteiger partial charge in [-0.3, -0.25) is 19.3 Å². The molecule has 2 atom stereocenters. The van der Waals surface area contributed by atoms with Crippen LogP contribution in [-0.4, -0.2) is 85.2 Å². The lowest BCUT2D eigenvalue weighted by molar-refractivity contribution is -0.689. The number of hydrogen-bond acceptors (Lipinski definition) is 13. The maximum absolute atomic E-state index is 13.3. The third-order valence-corrected chi connectivity index (χ3v) is 8.73. The van der Waals surface area contributed by atoms with Crippen molar-refractivity contribution in [1.82, 2.24) is 20.5 Å². The molecule has 2 aliphatic rings. The highest BCUT2D eigenvalue weighted by Gasteiger charge is 2.53. The number of fused-ring (bicyclic) bond motifs is 1. The van der Waals surface area contributed by atoms with Crippen LogP contribution in [0.5, 0.6) is 0 Å². The highest BCUT2D eigenvalue weighted by atomic mass is 32.2. The number of carboxylic acids is 2. The Kier molecular flexibility index (Phi) is 10.0. The maximum Gasteiger partial charge on any atom is 0.350 e. The Morgan fingerprint density at radius 1 is 1.22 bits per heavy atom. The van der Waals surface area contributed by atoms with E-state index in [1.54, 1.807) is 29.1 Å². The molecule has 2 aromatic rings. The van der Waals surface area contributed by atoms with E-state index in [1.165, 1.54) is 31.0 Å². The Morgan fingerprint density at radius 2 is 1.89 bits per heavy atom. The first kappa shape index (κ1) is 34.3. The number of oxime groups is 1. The second-order valence-electron chi connectivity index (χ2n) is 11.9. The third kappa shape index (κ3) is 7.99. The van der Waals surface area contributed by atoms with Crippen molar-refractivity contribution < 1.29 is 43.6 Å². The monoisotopic (exact) mass is 674 g/mol. The van der Waals surface area contributed by atoms with Gasteiger partial charge in [0.1, 0.15) is 17.1 Å². The summed E-state index contributed by atoms with van der Waals surface area (Å²) in [5.74, 6) is -4.45. The summed E-state index contributed by atoms with van der Waals surface area (Å²) in [5.41, 5.74) is 3.97.